The maximum absolute atomic E-state index is 12.3. The third-order valence-electron chi connectivity index (χ3n) is 3.75. The van der Waals surface area contributed by atoms with Gasteiger partial charge in [0.25, 0.3) is 0 Å². The van der Waals surface area contributed by atoms with Gasteiger partial charge in [-0.1, -0.05) is 0 Å². The molecular formula is C14H24N4O3. The number of aromatic nitrogens is 3. The number of amides is 1. The number of ether oxygens (including phenoxy) is 2. The van der Waals surface area contributed by atoms with Crippen molar-refractivity contribution in [3.05, 3.63) is 12.2 Å². The minimum atomic E-state index is 0.131. The highest BCUT2D eigenvalue weighted by atomic mass is 16.5. The van der Waals surface area contributed by atoms with Crippen molar-refractivity contribution in [1.82, 2.24) is 19.7 Å². The number of hydrogen-bond donors (Lipinski definition) is 0. The van der Waals surface area contributed by atoms with Gasteiger partial charge in [-0.3, -0.25) is 4.79 Å². The van der Waals surface area contributed by atoms with E-state index in [1.165, 1.54) is 0 Å². The molecule has 2 rings (SSSR count). The first kappa shape index (κ1) is 15.9. The normalized spacial score (nSPS) is 18.7. The predicted molar refractivity (Wildman–Crippen MR) is 76.5 cm³/mol. The van der Waals surface area contributed by atoms with Crippen LogP contribution in [-0.4, -0.2) is 59.5 Å². The Morgan fingerprint density at radius 2 is 2.48 bits per heavy atom. The summed E-state index contributed by atoms with van der Waals surface area (Å²) in [7, 11) is 3.47. The van der Waals surface area contributed by atoms with Crippen LogP contribution in [0.2, 0.25) is 0 Å². The van der Waals surface area contributed by atoms with Crippen molar-refractivity contribution in [1.29, 1.82) is 0 Å². The summed E-state index contributed by atoms with van der Waals surface area (Å²) < 4.78 is 12.4. The Kier molecular flexibility index (Phi) is 6.13. The first-order chi connectivity index (χ1) is 10.2. The Morgan fingerprint density at radius 1 is 1.62 bits per heavy atom. The van der Waals surface area contributed by atoms with Crippen LogP contribution in [0.1, 0.15) is 25.1 Å². The fourth-order valence-electron chi connectivity index (χ4n) is 2.45. The third kappa shape index (κ3) is 4.78. The highest BCUT2D eigenvalue weighted by Crippen LogP contribution is 2.18. The minimum absolute atomic E-state index is 0.131. The van der Waals surface area contributed by atoms with Gasteiger partial charge in [0.15, 0.2) is 5.82 Å². The molecule has 0 spiro atoms. The highest BCUT2D eigenvalue weighted by Gasteiger charge is 2.20. The molecule has 2 heterocycles. The lowest BCUT2D eigenvalue weighted by molar-refractivity contribution is -0.132. The van der Waals surface area contributed by atoms with Crippen LogP contribution in [0.25, 0.3) is 0 Å². The molecule has 0 saturated carbocycles. The molecule has 1 saturated heterocycles. The Balaban J connectivity index is 1.83. The Hall–Kier alpha value is -1.47. The average molecular weight is 296 g/mol. The van der Waals surface area contributed by atoms with Crippen molar-refractivity contribution in [3.8, 4) is 0 Å². The first-order valence-corrected chi connectivity index (χ1v) is 7.38. The summed E-state index contributed by atoms with van der Waals surface area (Å²) in [5, 5.41) is 7.98. The van der Waals surface area contributed by atoms with Gasteiger partial charge >= 0.3 is 0 Å². The highest BCUT2D eigenvalue weighted by molar-refractivity contribution is 5.76. The van der Waals surface area contributed by atoms with Crippen LogP contribution in [0.3, 0.4) is 0 Å². The van der Waals surface area contributed by atoms with Gasteiger partial charge in [0, 0.05) is 40.3 Å². The monoisotopic (exact) mass is 296 g/mol. The summed E-state index contributed by atoms with van der Waals surface area (Å²) in [6.07, 6.45) is 4.33. The van der Waals surface area contributed by atoms with Crippen LogP contribution in [0, 0.1) is 5.92 Å². The van der Waals surface area contributed by atoms with Crippen LogP contribution in [0.15, 0.2) is 6.33 Å². The molecular weight excluding hydrogens is 272 g/mol. The quantitative estimate of drug-likeness (QED) is 0.741. The second-order valence-electron chi connectivity index (χ2n) is 5.47. The van der Waals surface area contributed by atoms with Crippen molar-refractivity contribution < 1.29 is 14.3 Å². The maximum atomic E-state index is 12.3. The fourth-order valence-corrected chi connectivity index (χ4v) is 2.45. The number of carbonyl (C=O) groups is 1. The van der Waals surface area contributed by atoms with E-state index < -0.39 is 0 Å². The van der Waals surface area contributed by atoms with E-state index in [9.17, 15) is 4.79 Å². The van der Waals surface area contributed by atoms with Gasteiger partial charge in [-0.15, -0.1) is 10.2 Å². The number of nitrogens with zero attached hydrogens (tertiary/aromatic N) is 4. The molecule has 0 bridgehead atoms. The number of rotatable bonds is 7. The van der Waals surface area contributed by atoms with Crippen molar-refractivity contribution in [2.75, 3.05) is 34.0 Å². The van der Waals surface area contributed by atoms with E-state index >= 15 is 0 Å². The molecule has 1 aromatic rings. The van der Waals surface area contributed by atoms with Crippen LogP contribution in [0.5, 0.6) is 0 Å². The lowest BCUT2D eigenvalue weighted by Gasteiger charge is -2.24. The maximum Gasteiger partial charge on any atom is 0.223 e. The summed E-state index contributed by atoms with van der Waals surface area (Å²) >= 11 is 0. The number of carbonyl (C=O) groups excluding carboxylic acids is 1. The molecule has 21 heavy (non-hydrogen) atoms. The number of hydrogen-bond acceptors (Lipinski definition) is 5. The van der Waals surface area contributed by atoms with Crippen LogP contribution in [-0.2, 0) is 27.4 Å². The van der Waals surface area contributed by atoms with Gasteiger partial charge in [0.2, 0.25) is 5.91 Å². The lowest BCUT2D eigenvalue weighted by atomic mass is 9.98. The second-order valence-corrected chi connectivity index (χ2v) is 5.47. The van der Waals surface area contributed by atoms with E-state index in [2.05, 4.69) is 10.2 Å². The van der Waals surface area contributed by atoms with Gasteiger partial charge in [0.1, 0.15) is 6.33 Å². The summed E-state index contributed by atoms with van der Waals surface area (Å²) in [6.45, 7) is 3.28. The van der Waals surface area contributed by atoms with Gasteiger partial charge in [-0.05, 0) is 18.8 Å². The summed E-state index contributed by atoms with van der Waals surface area (Å²) in [4.78, 5) is 14.0. The first-order valence-electron chi connectivity index (χ1n) is 7.38. The molecule has 1 aliphatic rings. The Morgan fingerprint density at radius 3 is 3.19 bits per heavy atom. The average Bonchev–Trinajstić information content (AvgIpc) is 2.93. The summed E-state index contributed by atoms with van der Waals surface area (Å²) in [5.41, 5.74) is 0. The zero-order valence-corrected chi connectivity index (χ0v) is 12.8. The van der Waals surface area contributed by atoms with E-state index in [1.54, 1.807) is 25.4 Å². The van der Waals surface area contributed by atoms with Crippen LogP contribution in [0.4, 0.5) is 0 Å². The van der Waals surface area contributed by atoms with Crippen LogP contribution < -0.4 is 0 Å². The molecule has 118 valence electrons. The van der Waals surface area contributed by atoms with Gasteiger partial charge < -0.3 is 18.9 Å². The lowest BCUT2D eigenvalue weighted by Crippen LogP contribution is -2.31. The van der Waals surface area contributed by atoms with Crippen molar-refractivity contribution >= 4 is 5.91 Å². The number of methoxy groups -OCH3 is 1. The predicted octanol–water partition coefficient (Wildman–Crippen LogP) is 0.700. The standard InChI is InChI=1S/C14H24N4O3/c1-17(14(19)8-12-4-3-6-21-10-12)9-13-16-15-11-18(13)5-7-20-2/h11-12H,3-10H2,1-2H3/t12-/m1/s1. The molecule has 0 aromatic carbocycles. The molecule has 7 heteroatoms. The summed E-state index contributed by atoms with van der Waals surface area (Å²) in [5.74, 6) is 1.26. The van der Waals surface area contributed by atoms with E-state index in [4.69, 9.17) is 9.47 Å². The summed E-state index contributed by atoms with van der Waals surface area (Å²) in [6, 6.07) is 0. The van der Waals surface area contributed by atoms with Gasteiger partial charge in [-0.25, -0.2) is 0 Å². The molecule has 0 unspecified atom stereocenters. The van der Waals surface area contributed by atoms with E-state index in [0.29, 0.717) is 38.6 Å². The van der Waals surface area contributed by atoms with Crippen LogP contribution >= 0.6 is 0 Å². The van der Waals surface area contributed by atoms with E-state index in [0.717, 1.165) is 25.3 Å². The SMILES string of the molecule is COCCn1cnnc1CN(C)C(=O)C[C@H]1CCCOC1. The van der Waals surface area contributed by atoms with Crippen molar-refractivity contribution in [2.45, 2.75) is 32.4 Å². The smallest absolute Gasteiger partial charge is 0.223 e. The zero-order valence-electron chi connectivity index (χ0n) is 12.8. The van der Waals surface area contributed by atoms with Gasteiger partial charge in [-0.2, -0.15) is 0 Å². The third-order valence-corrected chi connectivity index (χ3v) is 3.75. The molecule has 0 N–H and O–H groups in total. The molecule has 1 amide bonds. The Labute approximate surface area is 125 Å². The van der Waals surface area contributed by atoms with E-state index in [1.807, 2.05) is 4.57 Å². The minimum Gasteiger partial charge on any atom is -0.383 e. The molecule has 1 fully saturated rings. The molecule has 1 aromatic heterocycles. The molecule has 0 radical (unpaired) electrons. The second kappa shape index (κ2) is 8.09. The molecule has 1 atom stereocenters. The van der Waals surface area contributed by atoms with E-state index in [-0.39, 0.29) is 5.91 Å². The van der Waals surface area contributed by atoms with Crippen molar-refractivity contribution in [3.63, 3.8) is 0 Å². The Bertz CT molecular complexity index is 443. The molecule has 1 aliphatic heterocycles. The fraction of sp³-hybridized carbons (Fsp3) is 0.786. The largest absolute Gasteiger partial charge is 0.383 e. The van der Waals surface area contributed by atoms with Crippen molar-refractivity contribution in [2.24, 2.45) is 5.92 Å². The van der Waals surface area contributed by atoms with Gasteiger partial charge in [0.05, 0.1) is 13.2 Å². The topological polar surface area (TPSA) is 69.5 Å². The molecule has 7 nitrogen and oxygen atoms in total. The zero-order chi connectivity index (χ0) is 15.1. The molecule has 0 aliphatic carbocycles.